The second kappa shape index (κ2) is 5.38. The average Bonchev–Trinajstić information content (AvgIpc) is 2.33. The highest BCUT2D eigenvalue weighted by Gasteiger charge is 2.09. The van der Waals surface area contributed by atoms with Gasteiger partial charge in [-0.1, -0.05) is 17.7 Å². The highest BCUT2D eigenvalue weighted by Crippen LogP contribution is 2.32. The van der Waals surface area contributed by atoms with Crippen LogP contribution >= 0.6 is 11.6 Å². The molecular weight excluding hydrogens is 255 g/mol. The van der Waals surface area contributed by atoms with Crippen molar-refractivity contribution < 1.29 is 14.2 Å². The molecule has 1 N–H and O–H groups in total. The van der Waals surface area contributed by atoms with Gasteiger partial charge in [0.25, 0.3) is 0 Å². The molecule has 2 rings (SSSR count). The van der Waals surface area contributed by atoms with Gasteiger partial charge < -0.3 is 9.84 Å². The lowest BCUT2D eigenvalue weighted by atomic mass is 10.2. The van der Waals surface area contributed by atoms with Crippen LogP contribution in [0.1, 0.15) is 11.1 Å². The number of hydrogen-bond donors (Lipinski definition) is 1. The van der Waals surface area contributed by atoms with Gasteiger partial charge in [0, 0.05) is 10.6 Å². The first-order valence-corrected chi connectivity index (χ1v) is 5.82. The van der Waals surface area contributed by atoms with Crippen molar-refractivity contribution in [1.29, 1.82) is 0 Å². The average molecular weight is 267 g/mol. The molecule has 0 heterocycles. The van der Waals surface area contributed by atoms with Crippen LogP contribution in [0.25, 0.3) is 0 Å². The molecule has 0 aliphatic rings. The van der Waals surface area contributed by atoms with Gasteiger partial charge >= 0.3 is 0 Å². The van der Waals surface area contributed by atoms with Crippen LogP contribution in [0.15, 0.2) is 36.4 Å². The lowest BCUT2D eigenvalue weighted by Gasteiger charge is -2.12. The van der Waals surface area contributed by atoms with Crippen molar-refractivity contribution in [1.82, 2.24) is 0 Å². The molecule has 0 fully saturated rings. The van der Waals surface area contributed by atoms with E-state index in [1.54, 1.807) is 31.2 Å². The molecule has 0 radical (unpaired) electrons. The molecule has 94 valence electrons. The van der Waals surface area contributed by atoms with Gasteiger partial charge in [-0.25, -0.2) is 4.39 Å². The monoisotopic (exact) mass is 266 g/mol. The summed E-state index contributed by atoms with van der Waals surface area (Å²) in [5.74, 6) is 0.696. The van der Waals surface area contributed by atoms with E-state index in [4.69, 9.17) is 16.3 Å². The molecule has 4 heteroatoms. The molecule has 0 spiro atoms. The SMILES string of the molecule is Cc1cc(F)ccc1Oc1cccc(Cl)c1CO. The highest BCUT2D eigenvalue weighted by molar-refractivity contribution is 6.31. The molecule has 18 heavy (non-hydrogen) atoms. The number of hydrogen-bond acceptors (Lipinski definition) is 2. The van der Waals surface area contributed by atoms with E-state index in [0.29, 0.717) is 27.6 Å². The Hall–Kier alpha value is -1.58. The van der Waals surface area contributed by atoms with Crippen LogP contribution in [0.5, 0.6) is 11.5 Å². The highest BCUT2D eigenvalue weighted by atomic mass is 35.5. The molecule has 0 saturated heterocycles. The van der Waals surface area contributed by atoms with E-state index in [1.807, 2.05) is 0 Å². The third-order valence-electron chi connectivity index (χ3n) is 2.59. The van der Waals surface area contributed by atoms with E-state index < -0.39 is 0 Å². The third kappa shape index (κ3) is 2.63. The number of ether oxygens (including phenoxy) is 1. The minimum atomic E-state index is -0.312. The predicted octanol–water partition coefficient (Wildman–Crippen LogP) is 4.07. The molecule has 0 aromatic heterocycles. The van der Waals surface area contributed by atoms with E-state index in [2.05, 4.69) is 0 Å². The molecule has 2 aromatic carbocycles. The fourth-order valence-corrected chi connectivity index (χ4v) is 1.86. The number of aliphatic hydroxyl groups is 1. The Balaban J connectivity index is 2.37. The van der Waals surface area contributed by atoms with Crippen LogP contribution in [0, 0.1) is 12.7 Å². The van der Waals surface area contributed by atoms with Crippen molar-refractivity contribution >= 4 is 11.6 Å². The molecule has 0 bridgehead atoms. The van der Waals surface area contributed by atoms with Crippen LogP contribution in [0.2, 0.25) is 5.02 Å². The van der Waals surface area contributed by atoms with Crippen LogP contribution in [0.4, 0.5) is 4.39 Å². The molecular formula is C14H12ClFO2. The van der Waals surface area contributed by atoms with Crippen molar-refractivity contribution in [2.45, 2.75) is 13.5 Å². The maximum absolute atomic E-state index is 13.0. The molecule has 0 unspecified atom stereocenters. The maximum atomic E-state index is 13.0. The second-order valence-corrected chi connectivity index (χ2v) is 4.29. The minimum absolute atomic E-state index is 0.213. The lowest BCUT2D eigenvalue weighted by Crippen LogP contribution is -1.94. The summed E-state index contributed by atoms with van der Waals surface area (Å²) in [6.07, 6.45) is 0. The smallest absolute Gasteiger partial charge is 0.134 e. The summed E-state index contributed by atoms with van der Waals surface area (Å²) in [6.45, 7) is 1.54. The number of aliphatic hydroxyl groups excluding tert-OH is 1. The first-order chi connectivity index (χ1) is 8.61. The molecule has 0 aliphatic carbocycles. The first kappa shape index (κ1) is 12.9. The van der Waals surface area contributed by atoms with Gasteiger partial charge in [0.15, 0.2) is 0 Å². The van der Waals surface area contributed by atoms with E-state index in [1.165, 1.54) is 12.1 Å². The number of halogens is 2. The molecule has 2 nitrogen and oxygen atoms in total. The predicted molar refractivity (Wildman–Crippen MR) is 68.6 cm³/mol. The largest absolute Gasteiger partial charge is 0.457 e. The molecule has 0 aliphatic heterocycles. The molecule has 0 saturated carbocycles. The topological polar surface area (TPSA) is 29.5 Å². The summed E-state index contributed by atoms with van der Waals surface area (Å²) in [7, 11) is 0. The molecule has 0 atom stereocenters. The van der Waals surface area contributed by atoms with Crippen LogP contribution in [0.3, 0.4) is 0 Å². The summed E-state index contributed by atoms with van der Waals surface area (Å²) in [5, 5.41) is 9.71. The maximum Gasteiger partial charge on any atom is 0.134 e. The van der Waals surface area contributed by atoms with Gasteiger partial charge in [-0.3, -0.25) is 0 Å². The summed E-state index contributed by atoms with van der Waals surface area (Å²) in [6, 6.07) is 9.38. The van der Waals surface area contributed by atoms with Gasteiger partial charge in [-0.05, 0) is 42.8 Å². The van der Waals surface area contributed by atoms with Crippen molar-refractivity contribution in [3.05, 3.63) is 58.4 Å². The molecule has 2 aromatic rings. The quantitative estimate of drug-likeness (QED) is 0.907. The Morgan fingerprint density at radius 3 is 2.67 bits per heavy atom. The van der Waals surface area contributed by atoms with Crippen molar-refractivity contribution in [3.63, 3.8) is 0 Å². The van der Waals surface area contributed by atoms with Gasteiger partial charge in [0.2, 0.25) is 0 Å². The fraction of sp³-hybridized carbons (Fsp3) is 0.143. The standard InChI is InChI=1S/C14H12ClFO2/c1-9-7-10(16)5-6-13(9)18-14-4-2-3-12(15)11(14)8-17/h2-7,17H,8H2,1H3. The Labute approximate surface area is 110 Å². The van der Waals surface area contributed by atoms with Crippen LogP contribution in [-0.4, -0.2) is 5.11 Å². The Morgan fingerprint density at radius 1 is 1.22 bits per heavy atom. The van der Waals surface area contributed by atoms with Crippen molar-refractivity contribution in [2.75, 3.05) is 0 Å². The normalized spacial score (nSPS) is 10.4. The van der Waals surface area contributed by atoms with Gasteiger partial charge in [-0.2, -0.15) is 0 Å². The summed E-state index contributed by atoms with van der Waals surface area (Å²) >= 11 is 5.96. The summed E-state index contributed by atoms with van der Waals surface area (Å²) in [5.41, 5.74) is 1.20. The van der Waals surface area contributed by atoms with Gasteiger partial charge in [0.05, 0.1) is 6.61 Å². The number of rotatable bonds is 3. The number of aryl methyl sites for hydroxylation is 1. The number of benzene rings is 2. The van der Waals surface area contributed by atoms with E-state index >= 15 is 0 Å². The van der Waals surface area contributed by atoms with E-state index in [-0.39, 0.29) is 12.4 Å². The first-order valence-electron chi connectivity index (χ1n) is 5.44. The third-order valence-corrected chi connectivity index (χ3v) is 2.94. The van der Waals surface area contributed by atoms with Gasteiger partial charge in [-0.15, -0.1) is 0 Å². The Morgan fingerprint density at radius 2 is 2.00 bits per heavy atom. The molecule has 0 amide bonds. The van der Waals surface area contributed by atoms with Crippen LogP contribution < -0.4 is 4.74 Å². The summed E-state index contributed by atoms with van der Waals surface area (Å²) in [4.78, 5) is 0. The lowest BCUT2D eigenvalue weighted by molar-refractivity contribution is 0.276. The fourth-order valence-electron chi connectivity index (χ4n) is 1.63. The second-order valence-electron chi connectivity index (χ2n) is 3.89. The Bertz CT molecular complexity index is 570. The zero-order valence-electron chi connectivity index (χ0n) is 9.78. The van der Waals surface area contributed by atoms with E-state index in [0.717, 1.165) is 0 Å². The van der Waals surface area contributed by atoms with Gasteiger partial charge in [0.1, 0.15) is 17.3 Å². The minimum Gasteiger partial charge on any atom is -0.457 e. The van der Waals surface area contributed by atoms with E-state index in [9.17, 15) is 9.50 Å². The van der Waals surface area contributed by atoms with Crippen LogP contribution in [-0.2, 0) is 6.61 Å². The zero-order valence-corrected chi connectivity index (χ0v) is 10.5. The zero-order chi connectivity index (χ0) is 13.1. The Kier molecular flexibility index (Phi) is 3.84. The summed E-state index contributed by atoms with van der Waals surface area (Å²) < 4.78 is 18.6. The van der Waals surface area contributed by atoms with Crippen molar-refractivity contribution in [2.24, 2.45) is 0 Å². The van der Waals surface area contributed by atoms with Crippen molar-refractivity contribution in [3.8, 4) is 11.5 Å².